The molecule has 2 aromatic carbocycles. The molecule has 1 amide bonds. The smallest absolute Gasteiger partial charge is 0.420 e. The predicted molar refractivity (Wildman–Crippen MR) is 125 cm³/mol. The lowest BCUT2D eigenvalue weighted by Crippen LogP contribution is -2.22. The minimum absolute atomic E-state index is 0.0691. The van der Waals surface area contributed by atoms with Crippen LogP contribution in [0.5, 0.6) is 17.2 Å². The van der Waals surface area contributed by atoms with Gasteiger partial charge < -0.3 is 14.4 Å². The van der Waals surface area contributed by atoms with Gasteiger partial charge >= 0.3 is 6.18 Å². The highest BCUT2D eigenvalue weighted by atomic mass is 32.2. The molecular weight excluding hydrogens is 465 g/mol. The highest BCUT2D eigenvalue weighted by molar-refractivity contribution is 8.06. The van der Waals surface area contributed by atoms with Crippen LogP contribution in [0.3, 0.4) is 0 Å². The van der Waals surface area contributed by atoms with Gasteiger partial charge in [-0.05, 0) is 66.6 Å². The van der Waals surface area contributed by atoms with Crippen LogP contribution in [-0.2, 0) is 11.0 Å². The van der Waals surface area contributed by atoms with E-state index in [-0.39, 0.29) is 23.0 Å². The Hall–Kier alpha value is -3.38. The molecule has 0 spiro atoms. The van der Waals surface area contributed by atoms with Gasteiger partial charge in [0, 0.05) is 14.1 Å². The van der Waals surface area contributed by atoms with Crippen LogP contribution in [-0.4, -0.2) is 32.0 Å². The van der Waals surface area contributed by atoms with Crippen molar-refractivity contribution in [3.05, 3.63) is 69.0 Å². The van der Waals surface area contributed by atoms with E-state index < -0.39 is 17.5 Å². The quantitative estimate of drug-likeness (QED) is 0.411. The zero-order valence-electron chi connectivity index (χ0n) is 18.9. The maximum Gasteiger partial charge on any atom is 0.420 e. The number of nitriles is 1. The number of amides is 1. The molecule has 9 heteroatoms. The number of benzene rings is 2. The third kappa shape index (κ3) is 6.14. The summed E-state index contributed by atoms with van der Waals surface area (Å²) in [6, 6.07) is 9.50. The molecule has 3 rings (SSSR count). The number of halogens is 3. The van der Waals surface area contributed by atoms with Crippen LogP contribution in [0.2, 0.25) is 0 Å². The summed E-state index contributed by atoms with van der Waals surface area (Å²) in [6.07, 6.45) is 0.224. The molecule has 0 radical (unpaired) electrons. The molecule has 2 aromatic rings. The molecule has 1 aliphatic rings. The highest BCUT2D eigenvalue weighted by Gasteiger charge is 2.35. The van der Waals surface area contributed by atoms with Gasteiger partial charge in [0.25, 0.3) is 5.91 Å². The van der Waals surface area contributed by atoms with Crippen molar-refractivity contribution in [2.75, 3.05) is 21.2 Å². The number of allylic oxidation sites excluding steroid dienone is 1. The molecule has 1 saturated carbocycles. The fourth-order valence-corrected chi connectivity index (χ4v) is 4.07. The van der Waals surface area contributed by atoms with E-state index in [1.54, 1.807) is 38.4 Å². The minimum atomic E-state index is -4.70. The summed E-state index contributed by atoms with van der Waals surface area (Å²) in [5, 5.41) is 10.9. The van der Waals surface area contributed by atoms with Crippen LogP contribution in [0.25, 0.3) is 6.08 Å². The van der Waals surface area contributed by atoms with E-state index in [0.29, 0.717) is 10.5 Å². The second-order valence-electron chi connectivity index (χ2n) is 7.79. The van der Waals surface area contributed by atoms with Crippen molar-refractivity contribution in [3.8, 4) is 23.3 Å². The predicted octanol–water partition coefficient (Wildman–Crippen LogP) is 6.61. The number of likely N-dealkylation sites (N-methyl/N-ethyl adjacent to an activating group) is 1. The number of thioether (sulfide) groups is 1. The second-order valence-corrected chi connectivity index (χ2v) is 8.70. The average molecular weight is 489 g/mol. The molecule has 178 valence electrons. The molecule has 0 atom stereocenters. The van der Waals surface area contributed by atoms with E-state index in [4.69, 9.17) is 14.7 Å². The Morgan fingerprint density at radius 1 is 1.12 bits per heavy atom. The van der Waals surface area contributed by atoms with Gasteiger partial charge in [0.15, 0.2) is 11.5 Å². The average Bonchev–Trinajstić information content (AvgIpc) is 2.77. The Labute approximate surface area is 200 Å². The maximum absolute atomic E-state index is 13.5. The van der Waals surface area contributed by atoms with E-state index in [1.165, 1.54) is 41.5 Å². The fraction of sp³-hybridized carbons (Fsp3) is 0.280. The first-order valence-electron chi connectivity index (χ1n) is 10.4. The first-order chi connectivity index (χ1) is 16.1. The van der Waals surface area contributed by atoms with Gasteiger partial charge in [-0.15, -0.1) is 0 Å². The first kappa shape index (κ1) is 25.2. The second kappa shape index (κ2) is 10.7. The normalized spacial score (nSPS) is 13.6. The van der Waals surface area contributed by atoms with Crippen LogP contribution in [0, 0.1) is 11.3 Å². The van der Waals surface area contributed by atoms with Crippen molar-refractivity contribution in [2.24, 2.45) is 0 Å². The largest absolute Gasteiger partial charge is 0.493 e. The lowest BCUT2D eigenvalue weighted by Gasteiger charge is -2.17. The molecule has 0 N–H and O–H groups in total. The summed E-state index contributed by atoms with van der Waals surface area (Å²) in [4.78, 5) is 14.6. The van der Waals surface area contributed by atoms with Crippen LogP contribution >= 0.6 is 11.8 Å². The monoisotopic (exact) mass is 488 g/mol. The lowest BCUT2D eigenvalue weighted by atomic mass is 9.95. The molecule has 0 aliphatic heterocycles. The standard InChI is InChI=1S/C25H23F3N2O3S/c1-30(2)24(31)23(34-15-16-5-4-6-16)13-17-7-10-21(22(12-17)32-3)33-20-9-8-18(14-29)11-19(20)25(26,27)28/h7-13,15H,4-6H2,1-3H3/b23-13-. The Morgan fingerprint density at radius 2 is 1.82 bits per heavy atom. The lowest BCUT2D eigenvalue weighted by molar-refractivity contribution is -0.138. The van der Waals surface area contributed by atoms with Crippen molar-refractivity contribution in [1.82, 2.24) is 4.90 Å². The summed E-state index contributed by atoms with van der Waals surface area (Å²) in [6.45, 7) is 0. The fourth-order valence-electron chi connectivity index (χ4n) is 3.05. The summed E-state index contributed by atoms with van der Waals surface area (Å²) < 4.78 is 51.3. The van der Waals surface area contributed by atoms with Crippen molar-refractivity contribution >= 4 is 23.7 Å². The van der Waals surface area contributed by atoms with Crippen molar-refractivity contribution in [2.45, 2.75) is 25.4 Å². The molecule has 0 saturated heterocycles. The summed E-state index contributed by atoms with van der Waals surface area (Å²) in [5.74, 6) is -0.336. The van der Waals surface area contributed by atoms with Crippen LogP contribution in [0.1, 0.15) is 36.0 Å². The number of hydrogen-bond acceptors (Lipinski definition) is 5. The molecule has 1 aliphatic carbocycles. The number of carbonyl (C=O) groups is 1. The van der Waals surface area contributed by atoms with E-state index in [2.05, 4.69) is 0 Å². The zero-order valence-corrected chi connectivity index (χ0v) is 19.7. The number of hydrogen-bond donors (Lipinski definition) is 0. The number of methoxy groups -OCH3 is 1. The number of nitrogens with zero attached hydrogens (tertiary/aromatic N) is 2. The SMILES string of the molecule is COc1cc(/C=C(\SC=C2CCC2)C(=O)N(C)C)ccc1Oc1ccc(C#N)cc1C(F)(F)F. The van der Waals surface area contributed by atoms with Crippen molar-refractivity contribution in [3.63, 3.8) is 0 Å². The minimum Gasteiger partial charge on any atom is -0.493 e. The van der Waals surface area contributed by atoms with Gasteiger partial charge in [-0.2, -0.15) is 18.4 Å². The maximum atomic E-state index is 13.5. The van der Waals surface area contributed by atoms with Gasteiger partial charge in [-0.1, -0.05) is 23.4 Å². The molecule has 34 heavy (non-hydrogen) atoms. The number of carbonyl (C=O) groups excluding carboxylic acids is 1. The molecule has 0 unspecified atom stereocenters. The van der Waals surface area contributed by atoms with E-state index >= 15 is 0 Å². The van der Waals surface area contributed by atoms with Crippen molar-refractivity contribution in [1.29, 1.82) is 5.26 Å². The van der Waals surface area contributed by atoms with E-state index in [9.17, 15) is 18.0 Å². The Kier molecular flexibility index (Phi) is 7.94. The highest BCUT2D eigenvalue weighted by Crippen LogP contribution is 2.41. The molecule has 5 nitrogen and oxygen atoms in total. The van der Waals surface area contributed by atoms with Crippen LogP contribution in [0.4, 0.5) is 13.2 Å². The molecule has 0 heterocycles. The van der Waals surface area contributed by atoms with Gasteiger partial charge in [0.2, 0.25) is 0 Å². The third-order valence-corrected chi connectivity index (χ3v) is 6.08. The third-order valence-electron chi connectivity index (χ3n) is 5.08. The van der Waals surface area contributed by atoms with Gasteiger partial charge in [0.05, 0.1) is 29.2 Å². The summed E-state index contributed by atoms with van der Waals surface area (Å²) in [5.41, 5.74) is 0.743. The first-order valence-corrected chi connectivity index (χ1v) is 11.3. The van der Waals surface area contributed by atoms with Gasteiger partial charge in [0.1, 0.15) is 5.75 Å². The van der Waals surface area contributed by atoms with Crippen LogP contribution in [0.15, 0.2) is 52.3 Å². The molecule has 1 fully saturated rings. The van der Waals surface area contributed by atoms with Gasteiger partial charge in [-0.3, -0.25) is 4.79 Å². The van der Waals surface area contributed by atoms with E-state index in [1.807, 2.05) is 5.41 Å². The number of alkyl halides is 3. The Balaban J connectivity index is 1.94. The number of rotatable bonds is 7. The summed E-state index contributed by atoms with van der Waals surface area (Å²) in [7, 11) is 4.71. The van der Waals surface area contributed by atoms with Gasteiger partial charge in [-0.25, -0.2) is 0 Å². The zero-order chi connectivity index (χ0) is 24.9. The summed E-state index contributed by atoms with van der Waals surface area (Å²) >= 11 is 1.35. The Morgan fingerprint density at radius 3 is 2.38 bits per heavy atom. The number of ether oxygens (including phenoxy) is 2. The van der Waals surface area contributed by atoms with Crippen molar-refractivity contribution < 1.29 is 27.4 Å². The topological polar surface area (TPSA) is 62.6 Å². The van der Waals surface area contributed by atoms with E-state index in [0.717, 1.165) is 31.4 Å². The Bertz CT molecular complexity index is 1170. The molecule has 0 bridgehead atoms. The molecule has 0 aromatic heterocycles. The van der Waals surface area contributed by atoms with Crippen LogP contribution < -0.4 is 9.47 Å². The molecular formula is C25H23F3N2O3S.